The van der Waals surface area contributed by atoms with Crippen molar-refractivity contribution in [2.45, 2.75) is 44.7 Å². The van der Waals surface area contributed by atoms with Crippen molar-refractivity contribution in [1.82, 2.24) is 14.9 Å². The molecule has 1 aliphatic heterocycles. The van der Waals surface area contributed by atoms with E-state index in [-0.39, 0.29) is 6.54 Å². The number of nitrogens with zero attached hydrogens (tertiary/aromatic N) is 2. The molecule has 0 atom stereocenters. The number of alkyl halides is 2. The van der Waals surface area contributed by atoms with E-state index >= 15 is 0 Å². The first-order valence-corrected chi connectivity index (χ1v) is 5.82. The van der Waals surface area contributed by atoms with Gasteiger partial charge in [0.2, 0.25) is 0 Å². The summed E-state index contributed by atoms with van der Waals surface area (Å²) in [6.07, 6.45) is 0.742. The first kappa shape index (κ1) is 10.2. The molecule has 16 heavy (non-hydrogen) atoms. The predicted octanol–water partition coefficient (Wildman–Crippen LogP) is 1.67. The van der Waals surface area contributed by atoms with Gasteiger partial charge in [0.1, 0.15) is 5.82 Å². The van der Waals surface area contributed by atoms with E-state index in [9.17, 15) is 8.78 Å². The Hall–Kier alpha value is -0.970. The molecule has 0 radical (unpaired) electrons. The Balaban J connectivity index is 1.99. The minimum Gasteiger partial charge on any atom is -0.326 e. The normalized spacial score (nSPS) is 20.2. The lowest BCUT2D eigenvalue weighted by Crippen LogP contribution is -2.25. The fraction of sp³-hybridized carbons (Fsp3) is 0.727. The molecule has 5 heteroatoms. The Bertz CT molecular complexity index is 396. The molecule has 0 aromatic carbocycles. The highest BCUT2D eigenvalue weighted by Crippen LogP contribution is 2.40. The molecule has 0 spiro atoms. The molecule has 88 valence electrons. The number of aromatic nitrogens is 2. The van der Waals surface area contributed by atoms with Crippen molar-refractivity contribution in [1.29, 1.82) is 0 Å². The van der Waals surface area contributed by atoms with Crippen LogP contribution in [0.25, 0.3) is 0 Å². The molecule has 0 saturated heterocycles. The molecule has 1 aliphatic carbocycles. The van der Waals surface area contributed by atoms with Crippen molar-refractivity contribution < 1.29 is 8.78 Å². The number of fused-ring (bicyclic) bond motifs is 1. The van der Waals surface area contributed by atoms with Crippen molar-refractivity contribution in [3.8, 4) is 0 Å². The summed E-state index contributed by atoms with van der Waals surface area (Å²) in [5.74, 6) is 1.33. The molecule has 0 unspecified atom stereocenters. The number of hydrogen-bond donors (Lipinski definition) is 1. The third-order valence-electron chi connectivity index (χ3n) is 3.28. The van der Waals surface area contributed by atoms with Crippen LogP contribution in [0.1, 0.15) is 36.0 Å². The standard InChI is InChI=1S/C11H15F2N3/c12-10(13)6-16-9-3-4-14-5-8(9)15-11(16)7-1-2-7/h7,10,14H,1-6H2. The second-order valence-corrected chi connectivity index (χ2v) is 4.57. The van der Waals surface area contributed by atoms with Crippen molar-refractivity contribution in [3.63, 3.8) is 0 Å². The fourth-order valence-electron chi connectivity index (χ4n) is 2.39. The molecule has 2 aliphatic rings. The summed E-state index contributed by atoms with van der Waals surface area (Å²) in [6.45, 7) is 1.41. The van der Waals surface area contributed by atoms with Gasteiger partial charge in [-0.3, -0.25) is 0 Å². The molecule has 2 heterocycles. The molecule has 1 saturated carbocycles. The maximum Gasteiger partial charge on any atom is 0.256 e. The Morgan fingerprint density at radius 2 is 2.25 bits per heavy atom. The van der Waals surface area contributed by atoms with Gasteiger partial charge >= 0.3 is 0 Å². The van der Waals surface area contributed by atoms with E-state index in [1.54, 1.807) is 4.57 Å². The SMILES string of the molecule is FC(F)Cn1c(C2CC2)nc2c1CCNC2. The molecule has 1 aromatic rings. The monoisotopic (exact) mass is 227 g/mol. The number of halogens is 2. The van der Waals surface area contributed by atoms with Gasteiger partial charge in [-0.2, -0.15) is 0 Å². The van der Waals surface area contributed by atoms with Gasteiger partial charge in [0.25, 0.3) is 6.43 Å². The van der Waals surface area contributed by atoms with Crippen molar-refractivity contribution in [2.75, 3.05) is 6.54 Å². The van der Waals surface area contributed by atoms with Crippen molar-refractivity contribution >= 4 is 0 Å². The smallest absolute Gasteiger partial charge is 0.256 e. The first-order chi connectivity index (χ1) is 7.75. The second-order valence-electron chi connectivity index (χ2n) is 4.57. The predicted molar refractivity (Wildman–Crippen MR) is 55.6 cm³/mol. The van der Waals surface area contributed by atoms with Gasteiger partial charge in [-0.25, -0.2) is 13.8 Å². The third-order valence-corrected chi connectivity index (χ3v) is 3.28. The molecule has 0 amide bonds. The van der Waals surface area contributed by atoms with Crippen LogP contribution in [0.3, 0.4) is 0 Å². The van der Waals surface area contributed by atoms with Crippen LogP contribution >= 0.6 is 0 Å². The highest BCUT2D eigenvalue weighted by molar-refractivity contribution is 5.24. The van der Waals surface area contributed by atoms with Crippen LogP contribution in [0.15, 0.2) is 0 Å². The largest absolute Gasteiger partial charge is 0.326 e. The van der Waals surface area contributed by atoms with Crippen LogP contribution in [0.5, 0.6) is 0 Å². The van der Waals surface area contributed by atoms with Crippen LogP contribution < -0.4 is 5.32 Å². The summed E-state index contributed by atoms with van der Waals surface area (Å²) in [4.78, 5) is 4.53. The minimum absolute atomic E-state index is 0.186. The van der Waals surface area contributed by atoms with Gasteiger partial charge in [-0.05, 0) is 12.8 Å². The molecular formula is C11H15F2N3. The Morgan fingerprint density at radius 1 is 1.44 bits per heavy atom. The van der Waals surface area contributed by atoms with E-state index in [4.69, 9.17) is 0 Å². The number of nitrogens with one attached hydrogen (secondary N) is 1. The number of rotatable bonds is 3. The van der Waals surface area contributed by atoms with E-state index in [1.165, 1.54) is 0 Å². The zero-order valence-corrected chi connectivity index (χ0v) is 9.05. The zero-order chi connectivity index (χ0) is 11.1. The van der Waals surface area contributed by atoms with E-state index < -0.39 is 6.43 Å². The van der Waals surface area contributed by atoms with Gasteiger partial charge < -0.3 is 9.88 Å². The van der Waals surface area contributed by atoms with Gasteiger partial charge in [0.05, 0.1) is 12.2 Å². The molecule has 3 nitrogen and oxygen atoms in total. The van der Waals surface area contributed by atoms with Crippen LogP contribution in [-0.4, -0.2) is 22.5 Å². The van der Waals surface area contributed by atoms with Crippen LogP contribution in [0.4, 0.5) is 8.78 Å². The number of imidazole rings is 1. The van der Waals surface area contributed by atoms with E-state index in [0.717, 1.165) is 49.6 Å². The second kappa shape index (κ2) is 3.80. The van der Waals surface area contributed by atoms with Gasteiger partial charge in [-0.1, -0.05) is 0 Å². The fourth-order valence-corrected chi connectivity index (χ4v) is 2.39. The highest BCUT2D eigenvalue weighted by Gasteiger charge is 2.32. The minimum atomic E-state index is -2.29. The van der Waals surface area contributed by atoms with Crippen LogP contribution in [-0.2, 0) is 19.5 Å². The van der Waals surface area contributed by atoms with E-state index in [1.807, 2.05) is 0 Å². The lowest BCUT2D eigenvalue weighted by atomic mass is 10.2. The Kier molecular flexibility index (Phi) is 2.42. The van der Waals surface area contributed by atoms with Crippen molar-refractivity contribution in [3.05, 3.63) is 17.2 Å². The van der Waals surface area contributed by atoms with Gasteiger partial charge in [0.15, 0.2) is 0 Å². The summed E-state index contributed by atoms with van der Waals surface area (Å²) in [5, 5.41) is 3.23. The van der Waals surface area contributed by atoms with E-state index in [2.05, 4.69) is 10.3 Å². The zero-order valence-electron chi connectivity index (χ0n) is 9.05. The molecule has 1 aromatic heterocycles. The quantitative estimate of drug-likeness (QED) is 0.851. The average Bonchev–Trinajstić information content (AvgIpc) is 3.03. The first-order valence-electron chi connectivity index (χ1n) is 5.82. The van der Waals surface area contributed by atoms with E-state index in [0.29, 0.717) is 5.92 Å². The topological polar surface area (TPSA) is 29.9 Å². The van der Waals surface area contributed by atoms with Crippen LogP contribution in [0, 0.1) is 0 Å². The number of hydrogen-bond acceptors (Lipinski definition) is 2. The van der Waals surface area contributed by atoms with Crippen LogP contribution in [0.2, 0.25) is 0 Å². The molecule has 0 bridgehead atoms. The lowest BCUT2D eigenvalue weighted by Gasteiger charge is -2.15. The Labute approximate surface area is 92.9 Å². The maximum atomic E-state index is 12.6. The maximum absolute atomic E-state index is 12.6. The summed E-state index contributed by atoms with van der Waals surface area (Å²) in [7, 11) is 0. The molecule has 3 rings (SSSR count). The molecule has 1 fully saturated rings. The summed E-state index contributed by atoms with van der Waals surface area (Å²) >= 11 is 0. The Morgan fingerprint density at radius 3 is 2.94 bits per heavy atom. The molecular weight excluding hydrogens is 212 g/mol. The molecule has 1 N–H and O–H groups in total. The average molecular weight is 227 g/mol. The third kappa shape index (κ3) is 1.73. The van der Waals surface area contributed by atoms with Gasteiger partial charge in [-0.15, -0.1) is 0 Å². The van der Waals surface area contributed by atoms with Crippen molar-refractivity contribution in [2.24, 2.45) is 0 Å². The summed E-state index contributed by atoms with van der Waals surface area (Å²) < 4.78 is 26.9. The summed E-state index contributed by atoms with van der Waals surface area (Å²) in [6, 6.07) is 0. The highest BCUT2D eigenvalue weighted by atomic mass is 19.3. The van der Waals surface area contributed by atoms with Gasteiger partial charge in [0, 0.05) is 31.1 Å². The summed E-state index contributed by atoms with van der Waals surface area (Å²) in [5.41, 5.74) is 2.01. The lowest BCUT2D eigenvalue weighted by molar-refractivity contribution is 0.124.